The zero-order valence-electron chi connectivity index (χ0n) is 17.7. The molecular formula is C23H32N6O. The van der Waals surface area contributed by atoms with Crippen molar-refractivity contribution in [3.8, 4) is 0 Å². The number of anilines is 1. The second kappa shape index (κ2) is 10.00. The quantitative estimate of drug-likeness (QED) is 0.610. The van der Waals surface area contributed by atoms with Gasteiger partial charge in [0, 0.05) is 50.0 Å². The van der Waals surface area contributed by atoms with Crippen molar-refractivity contribution in [2.45, 2.75) is 31.7 Å². The van der Waals surface area contributed by atoms with E-state index < -0.39 is 0 Å². The second-order valence-electron chi connectivity index (χ2n) is 8.16. The van der Waals surface area contributed by atoms with Crippen molar-refractivity contribution in [1.82, 2.24) is 20.2 Å². The third-order valence-electron chi connectivity index (χ3n) is 6.40. The lowest BCUT2D eigenvalue weighted by atomic mass is 9.85. The summed E-state index contributed by atoms with van der Waals surface area (Å²) < 4.78 is 5.50. The summed E-state index contributed by atoms with van der Waals surface area (Å²) in [4.78, 5) is 11.6. The van der Waals surface area contributed by atoms with Gasteiger partial charge in [-0.15, -0.1) is 0 Å². The fourth-order valence-corrected chi connectivity index (χ4v) is 4.67. The largest absolute Gasteiger partial charge is 0.388 e. The summed E-state index contributed by atoms with van der Waals surface area (Å²) in [5.74, 6) is 1.57. The number of aromatic nitrogens is 2. The minimum Gasteiger partial charge on any atom is -0.388 e. The van der Waals surface area contributed by atoms with Crippen LogP contribution >= 0.6 is 0 Å². The Labute approximate surface area is 178 Å². The van der Waals surface area contributed by atoms with Crippen LogP contribution in [-0.2, 0) is 4.74 Å². The molecule has 1 saturated carbocycles. The molecule has 0 radical (unpaired) electrons. The van der Waals surface area contributed by atoms with E-state index in [1.807, 2.05) is 19.2 Å². The lowest BCUT2D eigenvalue weighted by Gasteiger charge is -2.38. The monoisotopic (exact) mass is 408 g/mol. The van der Waals surface area contributed by atoms with E-state index in [4.69, 9.17) is 10.1 Å². The molecule has 160 valence electrons. The smallest absolute Gasteiger partial charge is 0.137 e. The van der Waals surface area contributed by atoms with E-state index in [-0.39, 0.29) is 0 Å². The van der Waals surface area contributed by atoms with Crippen molar-refractivity contribution < 1.29 is 4.74 Å². The van der Waals surface area contributed by atoms with Crippen LogP contribution in [0.4, 0.5) is 5.82 Å². The van der Waals surface area contributed by atoms with Crippen LogP contribution in [-0.4, -0.2) is 67.0 Å². The van der Waals surface area contributed by atoms with Crippen LogP contribution in [0.3, 0.4) is 0 Å². The van der Waals surface area contributed by atoms with E-state index in [9.17, 15) is 0 Å². The van der Waals surface area contributed by atoms with Crippen LogP contribution < -0.4 is 10.6 Å². The number of nitrogens with one attached hydrogen (secondary N) is 3. The van der Waals surface area contributed by atoms with Crippen LogP contribution in [0.2, 0.25) is 0 Å². The second-order valence-corrected chi connectivity index (χ2v) is 8.16. The number of morpholine rings is 1. The molecule has 0 unspecified atom stereocenters. The molecule has 1 saturated heterocycles. The van der Waals surface area contributed by atoms with E-state index in [1.165, 1.54) is 31.9 Å². The molecule has 0 amide bonds. The summed E-state index contributed by atoms with van der Waals surface area (Å²) in [6, 6.07) is 6.87. The van der Waals surface area contributed by atoms with Crippen molar-refractivity contribution in [2.24, 2.45) is 5.92 Å². The van der Waals surface area contributed by atoms with Gasteiger partial charge in [-0.1, -0.05) is 6.07 Å². The third-order valence-corrected chi connectivity index (χ3v) is 6.40. The van der Waals surface area contributed by atoms with Crippen molar-refractivity contribution in [1.29, 1.82) is 5.41 Å². The molecule has 1 aromatic heterocycles. The maximum atomic E-state index is 7.36. The number of hydrogen-bond acceptors (Lipinski definition) is 7. The number of benzene rings is 1. The molecule has 4 rings (SSSR count). The molecule has 7 nitrogen and oxygen atoms in total. The summed E-state index contributed by atoms with van der Waals surface area (Å²) in [5.41, 5.74) is 2.86. The van der Waals surface area contributed by atoms with E-state index >= 15 is 0 Å². The highest BCUT2D eigenvalue weighted by Gasteiger charge is 2.26. The number of hydrogen-bond donors (Lipinski definition) is 3. The van der Waals surface area contributed by atoms with Crippen molar-refractivity contribution in [3.63, 3.8) is 0 Å². The van der Waals surface area contributed by atoms with Crippen LogP contribution in [0, 0.1) is 11.3 Å². The van der Waals surface area contributed by atoms with Gasteiger partial charge in [0.15, 0.2) is 0 Å². The highest BCUT2D eigenvalue weighted by Crippen LogP contribution is 2.29. The van der Waals surface area contributed by atoms with Gasteiger partial charge in [-0.2, -0.15) is 0 Å². The Hall–Kier alpha value is -2.51. The summed E-state index contributed by atoms with van der Waals surface area (Å²) in [6.45, 7) is 4.89. The molecule has 30 heavy (non-hydrogen) atoms. The van der Waals surface area contributed by atoms with Gasteiger partial charge < -0.3 is 20.8 Å². The van der Waals surface area contributed by atoms with Gasteiger partial charge in [-0.3, -0.25) is 4.90 Å². The Morgan fingerprint density at radius 3 is 2.73 bits per heavy atom. The van der Waals surface area contributed by atoms with Crippen LogP contribution in [0.25, 0.3) is 16.6 Å². The number of allylic oxidation sites excluding steroid dienone is 1. The van der Waals surface area contributed by atoms with E-state index in [2.05, 4.69) is 31.6 Å². The zero-order chi connectivity index (χ0) is 20.8. The Balaban J connectivity index is 1.40. The topological polar surface area (TPSA) is 86.2 Å². The fraction of sp³-hybridized carbons (Fsp3) is 0.522. The molecular weight excluding hydrogens is 376 g/mol. The average molecular weight is 409 g/mol. The van der Waals surface area contributed by atoms with Crippen molar-refractivity contribution >= 4 is 28.6 Å². The Bertz CT molecular complexity index is 884. The normalized spacial score (nSPS) is 23.3. The van der Waals surface area contributed by atoms with Gasteiger partial charge in [0.2, 0.25) is 0 Å². The van der Waals surface area contributed by atoms with E-state index in [0.29, 0.717) is 5.92 Å². The molecule has 1 aliphatic carbocycles. The first-order valence-corrected chi connectivity index (χ1v) is 11.0. The lowest BCUT2D eigenvalue weighted by Crippen LogP contribution is -2.45. The number of fused-ring (bicyclic) bond motifs is 1. The minimum atomic E-state index is 0.682. The highest BCUT2D eigenvalue weighted by atomic mass is 16.5. The molecule has 2 aliphatic rings. The molecule has 7 heteroatoms. The molecule has 1 aliphatic heterocycles. The lowest BCUT2D eigenvalue weighted by molar-refractivity contribution is 0.00540. The number of rotatable bonds is 7. The standard InChI is InChI=1S/C23H32N6O/c1-25-21(8-9-24)18-4-7-22-20(14-18)23(28-16-27-22)26-15-17-2-5-19(6-3-17)29-10-12-30-13-11-29/h4,7-9,14,16-17,19,24-25H,2-3,5-6,10-13,15H2,1H3,(H,26,27,28)/b21-8-,24-9?. The van der Waals surface area contributed by atoms with Gasteiger partial charge in [0.05, 0.1) is 18.7 Å². The molecule has 2 heterocycles. The molecule has 2 fully saturated rings. The predicted octanol–water partition coefficient (Wildman–Crippen LogP) is 3.14. The van der Waals surface area contributed by atoms with Gasteiger partial charge in [0.25, 0.3) is 0 Å². The van der Waals surface area contributed by atoms with Crippen LogP contribution in [0.1, 0.15) is 31.2 Å². The van der Waals surface area contributed by atoms with Crippen molar-refractivity contribution in [3.05, 3.63) is 36.2 Å². The Morgan fingerprint density at radius 1 is 1.20 bits per heavy atom. The van der Waals surface area contributed by atoms with Gasteiger partial charge in [0.1, 0.15) is 12.1 Å². The maximum absolute atomic E-state index is 7.36. The maximum Gasteiger partial charge on any atom is 0.137 e. The SMILES string of the molecule is CN/C(=C\C=N)c1ccc2ncnc(NCC3CCC(N4CCOCC4)CC3)c2c1. The summed E-state index contributed by atoms with van der Waals surface area (Å²) in [5, 5.41) is 15.1. The summed E-state index contributed by atoms with van der Waals surface area (Å²) in [7, 11) is 1.87. The molecule has 0 atom stereocenters. The molecule has 2 aromatic rings. The Kier molecular flexibility index (Phi) is 6.92. The first-order chi connectivity index (χ1) is 14.8. The van der Waals surface area contributed by atoms with Crippen LogP contribution in [0.15, 0.2) is 30.6 Å². The predicted molar refractivity (Wildman–Crippen MR) is 122 cm³/mol. The summed E-state index contributed by atoms with van der Waals surface area (Å²) >= 11 is 0. The molecule has 0 spiro atoms. The first kappa shape index (κ1) is 20.8. The third kappa shape index (κ3) is 4.79. The van der Waals surface area contributed by atoms with Gasteiger partial charge in [-0.05, 0) is 55.4 Å². The van der Waals surface area contributed by atoms with E-state index in [0.717, 1.165) is 66.9 Å². The van der Waals surface area contributed by atoms with Crippen LogP contribution in [0.5, 0.6) is 0 Å². The average Bonchev–Trinajstić information content (AvgIpc) is 2.82. The first-order valence-electron chi connectivity index (χ1n) is 11.0. The van der Waals surface area contributed by atoms with E-state index in [1.54, 1.807) is 12.4 Å². The molecule has 1 aromatic carbocycles. The van der Waals surface area contributed by atoms with Gasteiger partial charge >= 0.3 is 0 Å². The molecule has 3 N–H and O–H groups in total. The highest BCUT2D eigenvalue weighted by molar-refractivity contribution is 5.92. The van der Waals surface area contributed by atoms with Gasteiger partial charge in [-0.25, -0.2) is 9.97 Å². The number of nitrogens with zero attached hydrogens (tertiary/aromatic N) is 3. The molecule has 0 bridgehead atoms. The summed E-state index contributed by atoms with van der Waals surface area (Å²) in [6.07, 6.45) is 9.76. The zero-order valence-corrected chi connectivity index (χ0v) is 17.7. The fourth-order valence-electron chi connectivity index (χ4n) is 4.67. The minimum absolute atomic E-state index is 0.682. The Morgan fingerprint density at radius 2 is 2.00 bits per heavy atom. The number of ether oxygens (including phenoxy) is 1. The van der Waals surface area contributed by atoms with Crippen molar-refractivity contribution in [2.75, 3.05) is 45.2 Å².